The molecule has 180 valence electrons. The fraction of sp³-hybridized carbons (Fsp3) is 0.500. The number of amides is 1. The molecule has 0 spiro atoms. The molecule has 3 rings (SSSR count). The normalized spacial score (nSPS) is 15.8. The van der Waals surface area contributed by atoms with Gasteiger partial charge in [-0.05, 0) is 63.3 Å². The molecule has 1 fully saturated rings. The lowest BCUT2D eigenvalue weighted by molar-refractivity contribution is 0.0495. The molecule has 0 unspecified atom stereocenters. The third-order valence-corrected chi connectivity index (χ3v) is 7.51. The molecule has 2 aromatic rings. The standard InChI is InChI=1S/C24H31Cl2N3O3S/c1-23(2,3)32-22(30)27-15-24(4)11-13-29(14-12-24)19-10-9-18(21(28-19)31-5)33-17-8-6-7-16(25)20(17)26/h6-10H,11-15H2,1-5H3,(H,27,30). The van der Waals surface area contributed by atoms with E-state index in [-0.39, 0.29) is 11.5 Å². The van der Waals surface area contributed by atoms with E-state index in [9.17, 15) is 4.79 Å². The lowest BCUT2D eigenvalue weighted by atomic mass is 9.80. The number of nitrogens with zero attached hydrogens (tertiary/aromatic N) is 2. The summed E-state index contributed by atoms with van der Waals surface area (Å²) in [6.07, 6.45) is 1.49. The maximum atomic E-state index is 12.0. The second-order valence-electron chi connectivity index (χ2n) is 9.48. The first-order valence-corrected chi connectivity index (χ1v) is 12.5. The van der Waals surface area contributed by atoms with Gasteiger partial charge < -0.3 is 19.7 Å². The van der Waals surface area contributed by atoms with Crippen LogP contribution in [-0.4, -0.2) is 43.4 Å². The van der Waals surface area contributed by atoms with Gasteiger partial charge in [0, 0.05) is 24.5 Å². The number of anilines is 1. The van der Waals surface area contributed by atoms with Crippen molar-refractivity contribution in [2.24, 2.45) is 5.41 Å². The van der Waals surface area contributed by atoms with Gasteiger partial charge in [-0.1, -0.05) is 48.0 Å². The first-order valence-electron chi connectivity index (χ1n) is 10.9. The summed E-state index contributed by atoms with van der Waals surface area (Å²) >= 11 is 14.0. The highest BCUT2D eigenvalue weighted by Gasteiger charge is 2.32. The molecular formula is C24H31Cl2N3O3S. The summed E-state index contributed by atoms with van der Waals surface area (Å²) in [6, 6.07) is 9.56. The Kier molecular flexibility index (Phi) is 8.30. The highest BCUT2D eigenvalue weighted by molar-refractivity contribution is 7.99. The van der Waals surface area contributed by atoms with Crippen LogP contribution < -0.4 is 15.0 Å². The Labute approximate surface area is 210 Å². The molecule has 1 aromatic carbocycles. The maximum absolute atomic E-state index is 12.0. The van der Waals surface area contributed by atoms with Crippen LogP contribution in [0.1, 0.15) is 40.5 Å². The van der Waals surface area contributed by atoms with Gasteiger partial charge in [-0.3, -0.25) is 0 Å². The minimum atomic E-state index is -0.498. The quantitative estimate of drug-likeness (QED) is 0.466. The average molecular weight is 513 g/mol. The van der Waals surface area contributed by atoms with E-state index in [4.69, 9.17) is 37.7 Å². The summed E-state index contributed by atoms with van der Waals surface area (Å²) in [5.74, 6) is 1.42. The SMILES string of the molecule is COc1nc(N2CCC(C)(CNC(=O)OC(C)(C)C)CC2)ccc1Sc1cccc(Cl)c1Cl. The van der Waals surface area contributed by atoms with Gasteiger partial charge in [0.1, 0.15) is 11.4 Å². The number of aromatic nitrogens is 1. The minimum Gasteiger partial charge on any atom is -0.480 e. The van der Waals surface area contributed by atoms with Gasteiger partial charge in [0.05, 0.1) is 22.1 Å². The zero-order valence-corrected chi connectivity index (χ0v) is 22.0. The second kappa shape index (κ2) is 10.6. The predicted octanol–water partition coefficient (Wildman–Crippen LogP) is 6.68. The zero-order valence-electron chi connectivity index (χ0n) is 19.7. The van der Waals surface area contributed by atoms with Crippen molar-refractivity contribution in [3.05, 3.63) is 40.4 Å². The fourth-order valence-corrected chi connectivity index (χ4v) is 4.96. The Hall–Kier alpha value is -1.83. The van der Waals surface area contributed by atoms with E-state index in [1.807, 2.05) is 45.0 Å². The van der Waals surface area contributed by atoms with Crippen molar-refractivity contribution in [3.63, 3.8) is 0 Å². The monoisotopic (exact) mass is 511 g/mol. The van der Waals surface area contributed by atoms with E-state index in [1.165, 1.54) is 11.8 Å². The molecule has 0 aliphatic carbocycles. The Bertz CT molecular complexity index is 989. The minimum absolute atomic E-state index is 0.0105. The molecule has 0 saturated carbocycles. The Morgan fingerprint density at radius 2 is 1.88 bits per heavy atom. The number of pyridine rings is 1. The van der Waals surface area contributed by atoms with Gasteiger partial charge in [0.25, 0.3) is 0 Å². The molecule has 2 heterocycles. The molecule has 0 bridgehead atoms. The summed E-state index contributed by atoms with van der Waals surface area (Å²) in [5, 5.41) is 3.96. The van der Waals surface area contributed by atoms with Crippen molar-refractivity contribution < 1.29 is 14.3 Å². The number of carbonyl (C=O) groups excluding carboxylic acids is 1. The first-order chi connectivity index (χ1) is 15.5. The van der Waals surface area contributed by atoms with Gasteiger partial charge in [-0.15, -0.1) is 0 Å². The lowest BCUT2D eigenvalue weighted by Crippen LogP contribution is -2.45. The van der Waals surface area contributed by atoms with Crippen LogP contribution in [0.5, 0.6) is 5.88 Å². The number of rotatable bonds is 6. The summed E-state index contributed by atoms with van der Waals surface area (Å²) < 4.78 is 10.9. The van der Waals surface area contributed by atoms with E-state index in [1.54, 1.807) is 13.2 Å². The zero-order chi connectivity index (χ0) is 24.2. The number of piperidine rings is 1. The lowest BCUT2D eigenvalue weighted by Gasteiger charge is -2.40. The summed E-state index contributed by atoms with van der Waals surface area (Å²) in [6.45, 7) is 10.1. The van der Waals surface area contributed by atoms with Crippen molar-refractivity contribution >= 4 is 46.9 Å². The molecule has 9 heteroatoms. The highest BCUT2D eigenvalue weighted by atomic mass is 35.5. The average Bonchev–Trinajstić information content (AvgIpc) is 2.75. The molecule has 1 aromatic heterocycles. The molecule has 1 aliphatic rings. The smallest absolute Gasteiger partial charge is 0.407 e. The number of nitrogens with one attached hydrogen (secondary N) is 1. The molecule has 1 N–H and O–H groups in total. The van der Waals surface area contributed by atoms with Crippen molar-refractivity contribution in [1.29, 1.82) is 0 Å². The fourth-order valence-electron chi connectivity index (χ4n) is 3.55. The third kappa shape index (κ3) is 7.08. The number of hydrogen-bond donors (Lipinski definition) is 1. The number of halogens is 2. The molecular weight excluding hydrogens is 481 g/mol. The van der Waals surface area contributed by atoms with Crippen LogP contribution in [-0.2, 0) is 4.74 Å². The first kappa shape index (κ1) is 25.8. The van der Waals surface area contributed by atoms with Crippen LogP contribution in [0.2, 0.25) is 10.0 Å². The summed E-state index contributed by atoms with van der Waals surface area (Å²) in [4.78, 5) is 20.7. The number of carbonyl (C=O) groups is 1. The van der Waals surface area contributed by atoms with Gasteiger partial charge in [0.2, 0.25) is 5.88 Å². The second-order valence-corrected chi connectivity index (χ2v) is 11.4. The Balaban J connectivity index is 1.62. The van der Waals surface area contributed by atoms with Gasteiger partial charge >= 0.3 is 6.09 Å². The third-order valence-electron chi connectivity index (χ3n) is 5.49. The highest BCUT2D eigenvalue weighted by Crippen LogP contribution is 2.41. The van der Waals surface area contributed by atoms with Crippen LogP contribution in [0.15, 0.2) is 40.1 Å². The molecule has 0 atom stereocenters. The van der Waals surface area contributed by atoms with Crippen LogP contribution in [0, 0.1) is 5.41 Å². The van der Waals surface area contributed by atoms with Gasteiger partial charge in [0.15, 0.2) is 0 Å². The van der Waals surface area contributed by atoms with E-state index >= 15 is 0 Å². The number of alkyl carbamates (subject to hydrolysis) is 1. The van der Waals surface area contributed by atoms with E-state index in [0.717, 1.165) is 41.5 Å². The Morgan fingerprint density at radius 1 is 1.18 bits per heavy atom. The Morgan fingerprint density at radius 3 is 2.52 bits per heavy atom. The van der Waals surface area contributed by atoms with Gasteiger partial charge in [-0.25, -0.2) is 4.79 Å². The summed E-state index contributed by atoms with van der Waals surface area (Å²) in [7, 11) is 1.62. The molecule has 6 nitrogen and oxygen atoms in total. The van der Waals surface area contributed by atoms with Crippen LogP contribution in [0.4, 0.5) is 10.6 Å². The topological polar surface area (TPSA) is 63.7 Å². The maximum Gasteiger partial charge on any atom is 0.407 e. The molecule has 1 aliphatic heterocycles. The molecule has 0 radical (unpaired) electrons. The van der Waals surface area contributed by atoms with Crippen molar-refractivity contribution in [2.45, 2.75) is 55.9 Å². The van der Waals surface area contributed by atoms with E-state index in [2.05, 4.69) is 17.1 Å². The largest absolute Gasteiger partial charge is 0.480 e. The van der Waals surface area contributed by atoms with Crippen molar-refractivity contribution in [3.8, 4) is 5.88 Å². The molecule has 1 saturated heterocycles. The predicted molar refractivity (Wildman–Crippen MR) is 135 cm³/mol. The van der Waals surface area contributed by atoms with E-state index in [0.29, 0.717) is 22.5 Å². The number of methoxy groups -OCH3 is 1. The number of benzene rings is 1. The van der Waals surface area contributed by atoms with Crippen LogP contribution in [0.3, 0.4) is 0 Å². The van der Waals surface area contributed by atoms with Crippen molar-refractivity contribution in [1.82, 2.24) is 10.3 Å². The number of hydrogen-bond acceptors (Lipinski definition) is 6. The number of ether oxygens (including phenoxy) is 2. The van der Waals surface area contributed by atoms with Crippen LogP contribution in [0.25, 0.3) is 0 Å². The van der Waals surface area contributed by atoms with Gasteiger partial charge in [-0.2, -0.15) is 4.98 Å². The molecule has 33 heavy (non-hydrogen) atoms. The van der Waals surface area contributed by atoms with Crippen LogP contribution >= 0.6 is 35.0 Å². The van der Waals surface area contributed by atoms with Crippen molar-refractivity contribution in [2.75, 3.05) is 31.6 Å². The van der Waals surface area contributed by atoms with E-state index < -0.39 is 5.60 Å². The molecule has 1 amide bonds. The summed E-state index contributed by atoms with van der Waals surface area (Å²) in [5.41, 5.74) is -0.488.